The maximum Gasteiger partial charge on any atom is 0.137 e. The second kappa shape index (κ2) is 5.38. The zero-order chi connectivity index (χ0) is 13.2. The van der Waals surface area contributed by atoms with Crippen molar-refractivity contribution in [2.45, 2.75) is 32.0 Å². The number of nitrogens with zero attached hydrogens (tertiary/aromatic N) is 3. The van der Waals surface area contributed by atoms with Crippen molar-refractivity contribution in [3.8, 4) is 0 Å². The molecular weight excluding hydrogens is 311 g/mol. The van der Waals surface area contributed by atoms with Crippen molar-refractivity contribution >= 4 is 15.9 Å². The summed E-state index contributed by atoms with van der Waals surface area (Å²) in [5.41, 5.74) is 1.92. The summed E-state index contributed by atoms with van der Waals surface area (Å²) < 4.78 is 15.4. The fourth-order valence-corrected chi connectivity index (χ4v) is 2.28. The first-order valence-corrected chi connectivity index (χ1v) is 7.06. The van der Waals surface area contributed by atoms with Gasteiger partial charge in [-0.25, -0.2) is 9.07 Å². The minimum absolute atomic E-state index is 0.253. The highest BCUT2D eigenvalue weighted by Crippen LogP contribution is 2.19. The van der Waals surface area contributed by atoms with Crippen LogP contribution in [-0.2, 0) is 13.1 Å². The molecule has 0 amide bonds. The molecule has 1 aliphatic carbocycles. The van der Waals surface area contributed by atoms with Crippen LogP contribution in [0.2, 0.25) is 0 Å². The fraction of sp³-hybridized carbons (Fsp3) is 0.385. The van der Waals surface area contributed by atoms with Gasteiger partial charge >= 0.3 is 0 Å². The molecule has 0 unspecified atom stereocenters. The second-order valence-corrected chi connectivity index (χ2v) is 5.67. The third-order valence-corrected chi connectivity index (χ3v) is 3.67. The first kappa shape index (κ1) is 12.7. The molecule has 0 saturated heterocycles. The van der Waals surface area contributed by atoms with Crippen LogP contribution in [0.25, 0.3) is 0 Å². The molecule has 4 nitrogen and oxygen atoms in total. The largest absolute Gasteiger partial charge is 0.308 e. The fourth-order valence-electron chi connectivity index (χ4n) is 1.86. The summed E-state index contributed by atoms with van der Waals surface area (Å²) in [6.45, 7) is 1.35. The van der Waals surface area contributed by atoms with E-state index in [1.54, 1.807) is 16.8 Å². The topological polar surface area (TPSA) is 42.7 Å². The van der Waals surface area contributed by atoms with Gasteiger partial charge in [0.1, 0.15) is 5.82 Å². The number of nitrogens with one attached hydrogen (secondary N) is 1. The van der Waals surface area contributed by atoms with Crippen LogP contribution in [0.15, 0.2) is 28.9 Å². The molecule has 0 radical (unpaired) electrons. The van der Waals surface area contributed by atoms with Gasteiger partial charge in [0.25, 0.3) is 0 Å². The molecule has 1 aromatic heterocycles. The van der Waals surface area contributed by atoms with E-state index in [-0.39, 0.29) is 5.82 Å². The summed E-state index contributed by atoms with van der Waals surface area (Å²) in [6.07, 6.45) is 4.45. The lowest BCUT2D eigenvalue weighted by molar-refractivity contribution is 0.615. The molecule has 2 aromatic rings. The zero-order valence-corrected chi connectivity index (χ0v) is 11.9. The molecule has 6 heteroatoms. The van der Waals surface area contributed by atoms with Crippen LogP contribution < -0.4 is 5.32 Å². The molecule has 1 fully saturated rings. The van der Waals surface area contributed by atoms with Crippen LogP contribution in [0.1, 0.15) is 24.1 Å². The van der Waals surface area contributed by atoms with E-state index >= 15 is 0 Å². The molecule has 0 aliphatic heterocycles. The lowest BCUT2D eigenvalue weighted by atomic mass is 10.2. The van der Waals surface area contributed by atoms with Gasteiger partial charge in [-0.3, -0.25) is 0 Å². The first-order chi connectivity index (χ1) is 9.20. The molecule has 1 heterocycles. The number of aromatic nitrogens is 3. The van der Waals surface area contributed by atoms with Crippen molar-refractivity contribution in [3.63, 3.8) is 0 Å². The van der Waals surface area contributed by atoms with Gasteiger partial charge in [-0.15, -0.1) is 5.10 Å². The number of benzene rings is 1. The molecule has 100 valence electrons. The van der Waals surface area contributed by atoms with Gasteiger partial charge in [0.05, 0.1) is 22.9 Å². The Bertz CT molecular complexity index is 580. The van der Waals surface area contributed by atoms with Crippen LogP contribution in [0, 0.1) is 5.82 Å². The van der Waals surface area contributed by atoms with Crippen molar-refractivity contribution < 1.29 is 4.39 Å². The van der Waals surface area contributed by atoms with E-state index in [0.29, 0.717) is 17.1 Å². The van der Waals surface area contributed by atoms with E-state index in [9.17, 15) is 4.39 Å². The Balaban J connectivity index is 1.63. The summed E-state index contributed by atoms with van der Waals surface area (Å²) in [6, 6.07) is 5.63. The number of halogens is 2. The molecule has 19 heavy (non-hydrogen) atoms. The predicted octanol–water partition coefficient (Wildman–Crippen LogP) is 2.48. The van der Waals surface area contributed by atoms with Gasteiger partial charge in [0.2, 0.25) is 0 Å². The summed E-state index contributed by atoms with van der Waals surface area (Å²) >= 11 is 3.18. The van der Waals surface area contributed by atoms with Crippen LogP contribution in [-0.4, -0.2) is 21.0 Å². The van der Waals surface area contributed by atoms with E-state index in [0.717, 1.165) is 17.8 Å². The van der Waals surface area contributed by atoms with Crippen molar-refractivity contribution in [2.75, 3.05) is 0 Å². The van der Waals surface area contributed by atoms with Gasteiger partial charge in [0.15, 0.2) is 0 Å². The van der Waals surface area contributed by atoms with Gasteiger partial charge in [-0.1, -0.05) is 11.3 Å². The third-order valence-electron chi connectivity index (χ3n) is 3.06. The average Bonchev–Trinajstić information content (AvgIpc) is 3.12. The number of rotatable bonds is 5. The number of hydrogen-bond acceptors (Lipinski definition) is 3. The Morgan fingerprint density at radius 2 is 2.26 bits per heavy atom. The standard InChI is InChI=1S/C13H14BrFN4/c14-12-5-9(1-4-13(12)15)7-19-8-11(17-18-19)6-16-10-2-3-10/h1,4-5,8,10,16H,2-3,6-7H2. The van der Waals surface area contributed by atoms with E-state index < -0.39 is 0 Å². The molecule has 0 spiro atoms. The maximum absolute atomic E-state index is 13.1. The van der Waals surface area contributed by atoms with Crippen molar-refractivity contribution in [1.29, 1.82) is 0 Å². The van der Waals surface area contributed by atoms with Gasteiger partial charge < -0.3 is 5.32 Å². The van der Waals surface area contributed by atoms with Gasteiger partial charge in [-0.05, 0) is 46.5 Å². The van der Waals surface area contributed by atoms with Gasteiger partial charge in [-0.2, -0.15) is 0 Å². The number of hydrogen-bond donors (Lipinski definition) is 1. The summed E-state index contributed by atoms with van der Waals surface area (Å²) in [5, 5.41) is 11.6. The van der Waals surface area contributed by atoms with Crippen molar-refractivity contribution in [2.24, 2.45) is 0 Å². The quantitative estimate of drug-likeness (QED) is 0.918. The molecular formula is C13H14BrFN4. The Morgan fingerprint density at radius 3 is 3.00 bits per heavy atom. The highest BCUT2D eigenvalue weighted by molar-refractivity contribution is 9.10. The summed E-state index contributed by atoms with van der Waals surface area (Å²) in [4.78, 5) is 0. The highest BCUT2D eigenvalue weighted by Gasteiger charge is 2.20. The Morgan fingerprint density at radius 1 is 1.42 bits per heavy atom. The maximum atomic E-state index is 13.1. The lowest BCUT2D eigenvalue weighted by Crippen LogP contribution is -2.15. The van der Waals surface area contributed by atoms with Crippen molar-refractivity contribution in [3.05, 3.63) is 45.9 Å². The Hall–Kier alpha value is -1.27. The van der Waals surface area contributed by atoms with Crippen LogP contribution in [0.3, 0.4) is 0 Å². The summed E-state index contributed by atoms with van der Waals surface area (Å²) in [7, 11) is 0. The average molecular weight is 325 g/mol. The predicted molar refractivity (Wildman–Crippen MR) is 73.1 cm³/mol. The molecule has 1 saturated carbocycles. The zero-order valence-electron chi connectivity index (χ0n) is 10.3. The van der Waals surface area contributed by atoms with Gasteiger partial charge in [0, 0.05) is 12.6 Å². The lowest BCUT2D eigenvalue weighted by Gasteiger charge is -2.02. The molecule has 3 rings (SSSR count). The van der Waals surface area contributed by atoms with E-state index in [1.165, 1.54) is 18.9 Å². The van der Waals surface area contributed by atoms with Crippen molar-refractivity contribution in [1.82, 2.24) is 20.3 Å². The normalized spacial score (nSPS) is 14.8. The molecule has 1 aliphatic rings. The summed E-state index contributed by atoms with van der Waals surface area (Å²) in [5.74, 6) is -0.253. The van der Waals surface area contributed by atoms with Crippen LogP contribution in [0.4, 0.5) is 4.39 Å². The van der Waals surface area contributed by atoms with Crippen LogP contribution in [0.5, 0.6) is 0 Å². The Kier molecular flexibility index (Phi) is 3.61. The van der Waals surface area contributed by atoms with E-state index in [4.69, 9.17) is 0 Å². The molecule has 0 atom stereocenters. The minimum Gasteiger partial charge on any atom is -0.308 e. The Labute approximate surface area is 119 Å². The second-order valence-electron chi connectivity index (χ2n) is 4.81. The SMILES string of the molecule is Fc1ccc(Cn2cc(CNC3CC3)nn2)cc1Br. The van der Waals surface area contributed by atoms with Crippen LogP contribution >= 0.6 is 15.9 Å². The molecule has 0 bridgehead atoms. The first-order valence-electron chi connectivity index (χ1n) is 6.27. The van der Waals surface area contributed by atoms with E-state index in [1.807, 2.05) is 6.20 Å². The molecule has 1 aromatic carbocycles. The minimum atomic E-state index is -0.253. The molecule has 1 N–H and O–H groups in total. The third kappa shape index (κ3) is 3.39. The highest BCUT2D eigenvalue weighted by atomic mass is 79.9. The van der Waals surface area contributed by atoms with E-state index in [2.05, 4.69) is 31.6 Å². The monoisotopic (exact) mass is 324 g/mol. The smallest absolute Gasteiger partial charge is 0.137 e.